The summed E-state index contributed by atoms with van der Waals surface area (Å²) in [5.41, 5.74) is 1.74. The molecule has 4 nitrogen and oxygen atoms in total. The number of carboxylic acid groups (broad SMARTS) is 1. The fourth-order valence-corrected chi connectivity index (χ4v) is 1.80. The SMILES string of the molecule is CCC(CC(=O)O)NC(=O)c1ccc(C(C)C)cc1. The van der Waals surface area contributed by atoms with Gasteiger partial charge in [-0.3, -0.25) is 9.59 Å². The second-order valence-corrected chi connectivity index (χ2v) is 4.95. The van der Waals surface area contributed by atoms with Crippen molar-refractivity contribution in [1.29, 1.82) is 0 Å². The molecule has 0 spiro atoms. The lowest BCUT2D eigenvalue weighted by atomic mass is 10.0. The van der Waals surface area contributed by atoms with Gasteiger partial charge in [0.2, 0.25) is 0 Å². The molecule has 0 saturated carbocycles. The molecule has 1 aromatic rings. The van der Waals surface area contributed by atoms with E-state index < -0.39 is 5.97 Å². The van der Waals surface area contributed by atoms with E-state index in [9.17, 15) is 9.59 Å². The van der Waals surface area contributed by atoms with Crippen molar-refractivity contribution in [2.75, 3.05) is 0 Å². The fraction of sp³-hybridized carbons (Fsp3) is 0.467. The summed E-state index contributed by atoms with van der Waals surface area (Å²) in [6, 6.07) is 7.08. The molecule has 1 atom stereocenters. The van der Waals surface area contributed by atoms with E-state index in [1.165, 1.54) is 5.56 Å². The van der Waals surface area contributed by atoms with Gasteiger partial charge in [0.05, 0.1) is 6.42 Å². The van der Waals surface area contributed by atoms with Crippen LogP contribution in [0.3, 0.4) is 0 Å². The summed E-state index contributed by atoms with van der Waals surface area (Å²) in [6.45, 7) is 6.04. The van der Waals surface area contributed by atoms with Gasteiger partial charge in [0.1, 0.15) is 0 Å². The van der Waals surface area contributed by atoms with E-state index in [4.69, 9.17) is 5.11 Å². The second kappa shape index (κ2) is 6.92. The summed E-state index contributed by atoms with van der Waals surface area (Å²) in [7, 11) is 0. The lowest BCUT2D eigenvalue weighted by Crippen LogP contribution is -2.36. The van der Waals surface area contributed by atoms with Crippen molar-refractivity contribution in [2.24, 2.45) is 0 Å². The smallest absolute Gasteiger partial charge is 0.305 e. The Morgan fingerprint density at radius 2 is 1.79 bits per heavy atom. The molecule has 1 rings (SSSR count). The zero-order chi connectivity index (χ0) is 14.4. The van der Waals surface area contributed by atoms with Crippen LogP contribution < -0.4 is 5.32 Å². The molecule has 0 radical (unpaired) electrons. The van der Waals surface area contributed by atoms with E-state index in [0.717, 1.165) is 0 Å². The number of carbonyl (C=O) groups excluding carboxylic acids is 1. The molecule has 0 heterocycles. The molecule has 0 aromatic heterocycles. The number of nitrogens with one attached hydrogen (secondary N) is 1. The Labute approximate surface area is 113 Å². The number of hydrogen-bond donors (Lipinski definition) is 2. The molecule has 4 heteroatoms. The lowest BCUT2D eigenvalue weighted by Gasteiger charge is -2.15. The molecular weight excluding hydrogens is 242 g/mol. The van der Waals surface area contributed by atoms with Gasteiger partial charge in [-0.2, -0.15) is 0 Å². The molecule has 0 aliphatic rings. The van der Waals surface area contributed by atoms with E-state index >= 15 is 0 Å². The normalized spacial score (nSPS) is 12.2. The molecule has 0 aliphatic heterocycles. The molecule has 1 unspecified atom stereocenters. The zero-order valence-electron chi connectivity index (χ0n) is 11.6. The highest BCUT2D eigenvalue weighted by Gasteiger charge is 2.15. The molecule has 0 bridgehead atoms. The van der Waals surface area contributed by atoms with Gasteiger partial charge >= 0.3 is 5.97 Å². The highest BCUT2D eigenvalue weighted by atomic mass is 16.4. The maximum absolute atomic E-state index is 12.0. The average molecular weight is 263 g/mol. The molecule has 0 saturated heterocycles. The van der Waals surface area contributed by atoms with Crippen molar-refractivity contribution >= 4 is 11.9 Å². The third-order valence-electron chi connectivity index (χ3n) is 3.09. The summed E-state index contributed by atoms with van der Waals surface area (Å²) in [6.07, 6.45) is 0.550. The average Bonchev–Trinajstić information content (AvgIpc) is 2.37. The summed E-state index contributed by atoms with van der Waals surface area (Å²) in [4.78, 5) is 22.6. The molecule has 0 aliphatic carbocycles. The first-order chi connectivity index (χ1) is 8.93. The van der Waals surface area contributed by atoms with Crippen molar-refractivity contribution in [3.63, 3.8) is 0 Å². The third-order valence-corrected chi connectivity index (χ3v) is 3.09. The molecule has 0 fully saturated rings. The Morgan fingerprint density at radius 3 is 2.21 bits per heavy atom. The van der Waals surface area contributed by atoms with Crippen molar-refractivity contribution in [3.8, 4) is 0 Å². The van der Waals surface area contributed by atoms with Gasteiger partial charge in [0, 0.05) is 11.6 Å². The van der Waals surface area contributed by atoms with Crippen LogP contribution >= 0.6 is 0 Å². The fourth-order valence-electron chi connectivity index (χ4n) is 1.80. The van der Waals surface area contributed by atoms with E-state index in [0.29, 0.717) is 17.9 Å². The first-order valence-electron chi connectivity index (χ1n) is 6.56. The Hall–Kier alpha value is -1.84. The van der Waals surface area contributed by atoms with E-state index in [-0.39, 0.29) is 18.4 Å². The zero-order valence-corrected chi connectivity index (χ0v) is 11.6. The van der Waals surface area contributed by atoms with Gasteiger partial charge in [0.25, 0.3) is 5.91 Å². The minimum Gasteiger partial charge on any atom is -0.481 e. The van der Waals surface area contributed by atoms with Crippen molar-refractivity contribution in [1.82, 2.24) is 5.32 Å². The summed E-state index contributed by atoms with van der Waals surface area (Å²) >= 11 is 0. The van der Waals surface area contributed by atoms with Crippen molar-refractivity contribution in [3.05, 3.63) is 35.4 Å². The van der Waals surface area contributed by atoms with Crippen LogP contribution in [0.2, 0.25) is 0 Å². The minimum absolute atomic E-state index is 0.0493. The third kappa shape index (κ3) is 4.73. The standard InChI is InChI=1S/C15H21NO3/c1-4-13(9-14(17)18)16-15(19)12-7-5-11(6-8-12)10(2)3/h5-8,10,13H,4,9H2,1-3H3,(H,16,19)(H,17,18). The number of amides is 1. The Bertz CT molecular complexity index is 437. The number of carboxylic acids is 1. The van der Waals surface area contributed by atoms with Crippen LogP contribution in [-0.4, -0.2) is 23.0 Å². The quantitative estimate of drug-likeness (QED) is 0.829. The highest BCUT2D eigenvalue weighted by Crippen LogP contribution is 2.14. The van der Waals surface area contributed by atoms with Gasteiger partial charge in [-0.05, 0) is 30.0 Å². The molecule has 1 aromatic carbocycles. The molecule has 2 N–H and O–H groups in total. The minimum atomic E-state index is -0.901. The summed E-state index contributed by atoms with van der Waals surface area (Å²) < 4.78 is 0. The van der Waals surface area contributed by atoms with Gasteiger partial charge in [-0.15, -0.1) is 0 Å². The monoisotopic (exact) mass is 263 g/mol. The van der Waals surface area contributed by atoms with Crippen LogP contribution in [0.25, 0.3) is 0 Å². The van der Waals surface area contributed by atoms with Crippen LogP contribution in [0.1, 0.15) is 55.5 Å². The van der Waals surface area contributed by atoms with E-state index in [1.807, 2.05) is 19.1 Å². The second-order valence-electron chi connectivity index (χ2n) is 4.95. The van der Waals surface area contributed by atoms with Gasteiger partial charge < -0.3 is 10.4 Å². The van der Waals surface area contributed by atoms with Crippen LogP contribution in [0.4, 0.5) is 0 Å². The van der Waals surface area contributed by atoms with Gasteiger partial charge in [-0.1, -0.05) is 32.9 Å². The van der Waals surface area contributed by atoms with Crippen molar-refractivity contribution in [2.45, 2.75) is 45.6 Å². The largest absolute Gasteiger partial charge is 0.481 e. The number of benzene rings is 1. The summed E-state index contributed by atoms with van der Waals surface area (Å²) in [5, 5.41) is 11.5. The van der Waals surface area contributed by atoms with E-state index in [2.05, 4.69) is 19.2 Å². The van der Waals surface area contributed by atoms with Crippen LogP contribution in [0.15, 0.2) is 24.3 Å². The maximum Gasteiger partial charge on any atom is 0.305 e. The molecule has 1 amide bonds. The molecule has 19 heavy (non-hydrogen) atoms. The van der Waals surface area contributed by atoms with Crippen LogP contribution in [0, 0.1) is 0 Å². The number of aliphatic carboxylic acids is 1. The number of hydrogen-bond acceptors (Lipinski definition) is 2. The number of rotatable bonds is 6. The Kier molecular flexibility index (Phi) is 5.55. The summed E-state index contributed by atoms with van der Waals surface area (Å²) in [5.74, 6) is -0.696. The first kappa shape index (κ1) is 15.2. The Morgan fingerprint density at radius 1 is 1.21 bits per heavy atom. The van der Waals surface area contributed by atoms with Gasteiger partial charge in [0.15, 0.2) is 0 Å². The van der Waals surface area contributed by atoms with E-state index in [1.54, 1.807) is 12.1 Å². The highest BCUT2D eigenvalue weighted by molar-refractivity contribution is 5.94. The number of carbonyl (C=O) groups is 2. The van der Waals surface area contributed by atoms with Gasteiger partial charge in [-0.25, -0.2) is 0 Å². The maximum atomic E-state index is 12.0. The Balaban J connectivity index is 2.69. The predicted octanol–water partition coefficient (Wildman–Crippen LogP) is 2.79. The predicted molar refractivity (Wildman–Crippen MR) is 74.3 cm³/mol. The van der Waals surface area contributed by atoms with Crippen LogP contribution in [0.5, 0.6) is 0 Å². The molecule has 104 valence electrons. The van der Waals surface area contributed by atoms with Crippen molar-refractivity contribution < 1.29 is 14.7 Å². The topological polar surface area (TPSA) is 66.4 Å². The lowest BCUT2D eigenvalue weighted by molar-refractivity contribution is -0.137. The first-order valence-corrected chi connectivity index (χ1v) is 6.56. The van der Waals surface area contributed by atoms with Crippen LogP contribution in [-0.2, 0) is 4.79 Å². The molecular formula is C15H21NO3.